The summed E-state index contributed by atoms with van der Waals surface area (Å²) >= 11 is 5.08. The Morgan fingerprint density at radius 3 is 1.64 bits per heavy atom. The van der Waals surface area contributed by atoms with E-state index in [9.17, 15) is 9.59 Å². The van der Waals surface area contributed by atoms with Crippen LogP contribution in [0.3, 0.4) is 0 Å². The summed E-state index contributed by atoms with van der Waals surface area (Å²) < 4.78 is 4.07. The normalized spacial score (nSPS) is 12.3. The molecule has 6 heteroatoms. The smallest absolute Gasteiger partial charge is 0.196 e. The third-order valence-electron chi connectivity index (χ3n) is 7.87. The number of fused-ring (bicyclic) bond motifs is 4. The summed E-state index contributed by atoms with van der Waals surface area (Å²) in [5.74, 6) is 0.806. The summed E-state index contributed by atoms with van der Waals surface area (Å²) in [6.07, 6.45) is 0. The Balaban J connectivity index is 1.10. The van der Waals surface area contributed by atoms with E-state index in [1.807, 2.05) is 60.7 Å². The van der Waals surface area contributed by atoms with Gasteiger partial charge in [0.05, 0.1) is 10.9 Å². The largest absolute Gasteiger partial charge is 0.289 e. The monoisotopic (exact) mass is 653 g/mol. The van der Waals surface area contributed by atoms with E-state index in [4.69, 9.17) is 0 Å². The van der Waals surface area contributed by atoms with Crippen molar-refractivity contribution in [2.24, 2.45) is 0 Å². The molecule has 0 saturated heterocycles. The van der Waals surface area contributed by atoms with E-state index in [1.165, 1.54) is 15.4 Å². The van der Waals surface area contributed by atoms with Crippen molar-refractivity contribution in [3.8, 4) is 0 Å². The maximum absolute atomic E-state index is 13.5. The van der Waals surface area contributed by atoms with Crippen LogP contribution in [0.25, 0.3) is 40.3 Å². The predicted molar refractivity (Wildman–Crippen MR) is 196 cm³/mol. The van der Waals surface area contributed by atoms with Crippen LogP contribution in [0.1, 0.15) is 5.56 Å². The van der Waals surface area contributed by atoms with Crippen LogP contribution in [0.4, 0.5) is 0 Å². The van der Waals surface area contributed by atoms with Gasteiger partial charge in [-0.2, -0.15) is 0 Å². The van der Waals surface area contributed by atoms with Crippen molar-refractivity contribution >= 4 is 85.7 Å². The average molecular weight is 654 g/mol. The third kappa shape index (κ3) is 5.38. The fourth-order valence-electron chi connectivity index (χ4n) is 5.63. The standard InChI is InChI=1S/C39H25O2S4/c40-38-30-10-4-6-12-34(30)43-36-20-16-26(22-32(36)38)42-24-25-14-17-28(18-15-25)45(27-8-2-1-3-9-27)29-19-21-37-33(23-29)39(41)31-11-5-7-13-35(31)44-37/h1-23H,24H2/q+1. The van der Waals surface area contributed by atoms with Crippen LogP contribution in [0, 0.1) is 0 Å². The summed E-state index contributed by atoms with van der Waals surface area (Å²) in [6.45, 7) is 0. The molecule has 0 aliphatic heterocycles. The maximum Gasteiger partial charge on any atom is 0.196 e. The highest BCUT2D eigenvalue weighted by Gasteiger charge is 2.29. The third-order valence-corrected chi connectivity index (χ3v) is 13.5. The van der Waals surface area contributed by atoms with Crippen molar-refractivity contribution in [3.63, 3.8) is 0 Å². The molecule has 2 nitrogen and oxygen atoms in total. The highest BCUT2D eigenvalue weighted by Crippen LogP contribution is 2.35. The van der Waals surface area contributed by atoms with Crippen molar-refractivity contribution in [3.05, 3.63) is 166 Å². The second kappa shape index (κ2) is 12.0. The lowest BCUT2D eigenvalue weighted by Gasteiger charge is -2.10. The molecule has 0 aliphatic rings. The molecule has 0 amide bonds. The summed E-state index contributed by atoms with van der Waals surface area (Å²) in [7, 11) is -0.366. The summed E-state index contributed by atoms with van der Waals surface area (Å²) in [5.41, 5.74) is 1.42. The van der Waals surface area contributed by atoms with Crippen molar-refractivity contribution in [1.82, 2.24) is 0 Å². The number of hydrogen-bond donors (Lipinski definition) is 0. The van der Waals surface area contributed by atoms with Gasteiger partial charge in [-0.3, -0.25) is 9.59 Å². The van der Waals surface area contributed by atoms with Gasteiger partial charge in [0.1, 0.15) is 0 Å². The molecule has 0 aliphatic carbocycles. The molecule has 0 saturated carbocycles. The van der Waals surface area contributed by atoms with E-state index in [0.29, 0.717) is 0 Å². The predicted octanol–water partition coefficient (Wildman–Crippen LogP) is 10.5. The Bertz CT molecular complexity index is 2480. The first-order valence-corrected chi connectivity index (χ1v) is 18.4. The van der Waals surface area contributed by atoms with Gasteiger partial charge in [-0.1, -0.05) is 54.6 Å². The first kappa shape index (κ1) is 28.3. The second-order valence-corrected chi connectivity index (χ2v) is 16.0. The molecule has 2 aromatic heterocycles. The van der Waals surface area contributed by atoms with Gasteiger partial charge in [0.15, 0.2) is 25.5 Å². The highest BCUT2D eigenvalue weighted by atomic mass is 32.2. The average Bonchev–Trinajstić information content (AvgIpc) is 3.09. The zero-order chi connectivity index (χ0) is 30.3. The van der Waals surface area contributed by atoms with Crippen LogP contribution in [0.5, 0.6) is 0 Å². The van der Waals surface area contributed by atoms with Gasteiger partial charge in [-0.15, -0.1) is 34.4 Å². The van der Waals surface area contributed by atoms with Crippen molar-refractivity contribution in [2.75, 3.05) is 0 Å². The molecule has 0 N–H and O–H groups in total. The van der Waals surface area contributed by atoms with Crippen molar-refractivity contribution in [1.29, 1.82) is 0 Å². The van der Waals surface area contributed by atoms with E-state index in [1.54, 1.807) is 34.4 Å². The molecule has 1 unspecified atom stereocenters. The lowest BCUT2D eigenvalue weighted by atomic mass is 10.2. The van der Waals surface area contributed by atoms with Crippen LogP contribution >= 0.6 is 34.4 Å². The lowest BCUT2D eigenvalue weighted by Crippen LogP contribution is -2.07. The van der Waals surface area contributed by atoms with E-state index in [2.05, 4.69) is 78.9 Å². The van der Waals surface area contributed by atoms with Gasteiger partial charge in [-0.25, -0.2) is 0 Å². The number of hydrogen-bond acceptors (Lipinski definition) is 5. The minimum absolute atomic E-state index is 0.0943. The quantitative estimate of drug-likeness (QED) is 0.102. The molecule has 45 heavy (non-hydrogen) atoms. The van der Waals surface area contributed by atoms with E-state index in [0.717, 1.165) is 55.9 Å². The number of rotatable bonds is 6. The van der Waals surface area contributed by atoms with Crippen molar-refractivity contribution < 1.29 is 0 Å². The lowest BCUT2D eigenvalue weighted by molar-refractivity contribution is 1.29. The molecule has 8 aromatic rings. The fourth-order valence-corrected chi connectivity index (χ4v) is 10.7. The SMILES string of the molecule is O=c1c2ccccc2sc2ccc(SCc3ccc([S+](c4ccccc4)c4ccc5sc6ccccc6c(=O)c5c4)cc3)cc12. The van der Waals surface area contributed by atoms with E-state index in [-0.39, 0.29) is 21.8 Å². The Labute approximate surface area is 275 Å². The number of thioether (sulfide) groups is 1. The van der Waals surface area contributed by atoms with Crippen LogP contribution in [0.2, 0.25) is 0 Å². The molecule has 0 radical (unpaired) electrons. The summed E-state index contributed by atoms with van der Waals surface area (Å²) in [4.78, 5) is 31.3. The van der Waals surface area contributed by atoms with Crippen LogP contribution in [0.15, 0.2) is 169 Å². The maximum atomic E-state index is 13.5. The minimum atomic E-state index is -0.366. The van der Waals surface area contributed by atoms with Gasteiger partial charge in [0, 0.05) is 57.1 Å². The van der Waals surface area contributed by atoms with Gasteiger partial charge < -0.3 is 0 Å². The molecule has 2 heterocycles. The topological polar surface area (TPSA) is 34.1 Å². The Kier molecular flexibility index (Phi) is 7.51. The minimum Gasteiger partial charge on any atom is -0.289 e. The van der Waals surface area contributed by atoms with Crippen molar-refractivity contribution in [2.45, 2.75) is 25.3 Å². The zero-order valence-electron chi connectivity index (χ0n) is 23.9. The van der Waals surface area contributed by atoms with E-state index < -0.39 is 0 Å². The Morgan fingerprint density at radius 1 is 0.467 bits per heavy atom. The highest BCUT2D eigenvalue weighted by molar-refractivity contribution is 7.98. The van der Waals surface area contributed by atoms with Crippen LogP contribution in [-0.4, -0.2) is 0 Å². The molecule has 1 atom stereocenters. The Hall–Kier alpha value is -4.20. The molecule has 8 rings (SSSR count). The van der Waals surface area contributed by atoms with Gasteiger partial charge >= 0.3 is 0 Å². The zero-order valence-corrected chi connectivity index (χ0v) is 27.2. The fraction of sp³-hybridized carbons (Fsp3) is 0.0256. The molecule has 0 spiro atoms. The molecule has 216 valence electrons. The van der Waals surface area contributed by atoms with Gasteiger partial charge in [0.25, 0.3) is 0 Å². The molecular weight excluding hydrogens is 629 g/mol. The second-order valence-electron chi connectivity index (χ2n) is 10.7. The summed E-state index contributed by atoms with van der Waals surface area (Å²) in [5, 5.41) is 3.13. The number of benzene rings is 6. The molecule has 0 bridgehead atoms. The Morgan fingerprint density at radius 2 is 0.978 bits per heavy atom. The summed E-state index contributed by atoms with van der Waals surface area (Å²) in [6, 6.07) is 47.7. The molecule has 0 fully saturated rings. The molecular formula is C39H25O2S4+. The van der Waals surface area contributed by atoms with Gasteiger partial charge in [-0.05, 0) is 84.4 Å². The van der Waals surface area contributed by atoms with Crippen LogP contribution < -0.4 is 10.9 Å². The van der Waals surface area contributed by atoms with Crippen LogP contribution in [-0.2, 0) is 16.6 Å². The first-order chi connectivity index (χ1) is 22.1. The van der Waals surface area contributed by atoms with E-state index >= 15 is 0 Å². The molecule has 6 aromatic carbocycles. The van der Waals surface area contributed by atoms with Gasteiger partial charge in [0.2, 0.25) is 0 Å². The first-order valence-electron chi connectivity index (χ1n) is 14.5.